The Hall–Kier alpha value is -0.740. The molecule has 2 nitrogen and oxygen atoms in total. The Morgan fingerprint density at radius 3 is 2.67 bits per heavy atom. The first-order chi connectivity index (χ1) is 8.75. The van der Waals surface area contributed by atoms with Gasteiger partial charge in [0, 0.05) is 17.8 Å². The lowest BCUT2D eigenvalue weighted by molar-refractivity contribution is 0.689. The van der Waals surface area contributed by atoms with Gasteiger partial charge in [-0.2, -0.15) is 11.8 Å². The van der Waals surface area contributed by atoms with Gasteiger partial charge in [-0.1, -0.05) is 37.2 Å². The molecular weight excluding hydrogens is 260 g/mol. The molecule has 0 atom stereocenters. The third-order valence-electron chi connectivity index (χ3n) is 2.78. The molecule has 0 fully saturated rings. The van der Waals surface area contributed by atoms with Crippen molar-refractivity contribution in [3.63, 3.8) is 0 Å². The zero-order valence-corrected chi connectivity index (χ0v) is 12.6. The van der Waals surface area contributed by atoms with Crippen LogP contribution in [0.5, 0.6) is 0 Å². The number of para-hydroxylation sites is 1. The second-order valence-corrected chi connectivity index (χ2v) is 5.67. The highest BCUT2D eigenvalue weighted by Crippen LogP contribution is 2.15. The Morgan fingerprint density at radius 2 is 1.94 bits per heavy atom. The van der Waals surface area contributed by atoms with E-state index in [-0.39, 0.29) is 0 Å². The molecule has 1 rings (SSSR count). The van der Waals surface area contributed by atoms with Crippen LogP contribution < -0.4 is 11.1 Å². The van der Waals surface area contributed by atoms with Gasteiger partial charge in [-0.15, -0.1) is 0 Å². The number of thiocarbonyl (C=S) groups is 1. The van der Waals surface area contributed by atoms with E-state index in [1.165, 1.54) is 31.4 Å². The number of nitrogens with one attached hydrogen (secondary N) is 1. The first-order valence-corrected chi connectivity index (χ1v) is 8.17. The quantitative estimate of drug-likeness (QED) is 0.535. The molecule has 0 aliphatic heterocycles. The maximum absolute atomic E-state index is 5.69. The number of anilines is 1. The van der Waals surface area contributed by atoms with Gasteiger partial charge in [0.1, 0.15) is 4.99 Å². The van der Waals surface area contributed by atoms with E-state index < -0.39 is 0 Å². The van der Waals surface area contributed by atoms with Crippen LogP contribution in [0, 0.1) is 0 Å². The summed E-state index contributed by atoms with van der Waals surface area (Å²) in [6.07, 6.45) is 7.28. The first-order valence-electron chi connectivity index (χ1n) is 6.37. The molecule has 3 N–H and O–H groups in total. The van der Waals surface area contributed by atoms with E-state index in [2.05, 4.69) is 11.6 Å². The first kappa shape index (κ1) is 15.3. The molecule has 0 saturated carbocycles. The minimum atomic E-state index is 0.457. The fourth-order valence-corrected chi connectivity index (χ4v) is 2.47. The molecule has 0 aromatic heterocycles. The van der Waals surface area contributed by atoms with Crippen LogP contribution in [-0.2, 0) is 0 Å². The molecule has 100 valence electrons. The van der Waals surface area contributed by atoms with Gasteiger partial charge in [0.15, 0.2) is 0 Å². The van der Waals surface area contributed by atoms with E-state index >= 15 is 0 Å². The van der Waals surface area contributed by atoms with E-state index in [0.717, 1.165) is 17.8 Å². The topological polar surface area (TPSA) is 38.0 Å². The van der Waals surface area contributed by atoms with Crippen LogP contribution in [0.3, 0.4) is 0 Å². The molecule has 0 bridgehead atoms. The molecular formula is C14H22N2S2. The highest BCUT2D eigenvalue weighted by molar-refractivity contribution is 7.98. The molecule has 1 aromatic carbocycles. The van der Waals surface area contributed by atoms with Crippen LogP contribution in [0.15, 0.2) is 24.3 Å². The molecule has 18 heavy (non-hydrogen) atoms. The normalized spacial score (nSPS) is 10.3. The lowest BCUT2D eigenvalue weighted by Gasteiger charge is -2.10. The van der Waals surface area contributed by atoms with Gasteiger partial charge in [0.2, 0.25) is 0 Å². The van der Waals surface area contributed by atoms with Crippen molar-refractivity contribution in [1.29, 1.82) is 0 Å². The van der Waals surface area contributed by atoms with E-state index in [0.29, 0.717) is 4.99 Å². The SMILES string of the molecule is CSCCCCCCNc1ccccc1C(N)=S. The van der Waals surface area contributed by atoms with Crippen molar-refractivity contribution in [3.05, 3.63) is 29.8 Å². The van der Waals surface area contributed by atoms with E-state index in [1.807, 2.05) is 36.0 Å². The van der Waals surface area contributed by atoms with Gasteiger partial charge in [0.05, 0.1) is 0 Å². The predicted molar refractivity (Wildman–Crippen MR) is 87.7 cm³/mol. The summed E-state index contributed by atoms with van der Waals surface area (Å²) < 4.78 is 0. The number of hydrogen-bond acceptors (Lipinski definition) is 3. The molecule has 0 saturated heterocycles. The Labute approximate surface area is 120 Å². The average Bonchev–Trinajstić information content (AvgIpc) is 2.38. The molecule has 0 spiro atoms. The van der Waals surface area contributed by atoms with Crippen molar-refractivity contribution in [2.75, 3.05) is 23.9 Å². The minimum Gasteiger partial charge on any atom is -0.389 e. The number of hydrogen-bond donors (Lipinski definition) is 2. The third kappa shape index (κ3) is 5.74. The number of thioether (sulfide) groups is 1. The Morgan fingerprint density at radius 1 is 1.22 bits per heavy atom. The number of unbranched alkanes of at least 4 members (excludes halogenated alkanes) is 3. The van der Waals surface area contributed by atoms with Crippen molar-refractivity contribution in [2.45, 2.75) is 25.7 Å². The Kier molecular flexibility index (Phi) is 7.85. The summed E-state index contributed by atoms with van der Waals surface area (Å²) in [7, 11) is 0. The van der Waals surface area contributed by atoms with Crippen LogP contribution in [0.2, 0.25) is 0 Å². The van der Waals surface area contributed by atoms with Gasteiger partial charge >= 0.3 is 0 Å². The van der Waals surface area contributed by atoms with Crippen LogP contribution in [0.25, 0.3) is 0 Å². The van der Waals surface area contributed by atoms with Gasteiger partial charge in [0.25, 0.3) is 0 Å². The molecule has 0 aliphatic rings. The van der Waals surface area contributed by atoms with Gasteiger partial charge < -0.3 is 11.1 Å². The van der Waals surface area contributed by atoms with Crippen LogP contribution in [0.1, 0.15) is 31.2 Å². The summed E-state index contributed by atoms with van der Waals surface area (Å²) in [6.45, 7) is 0.985. The molecule has 0 radical (unpaired) electrons. The molecule has 0 heterocycles. The van der Waals surface area contributed by atoms with Crippen LogP contribution >= 0.6 is 24.0 Å². The predicted octanol–water partition coefficient (Wildman–Crippen LogP) is 3.66. The van der Waals surface area contributed by atoms with Crippen molar-refractivity contribution in [2.24, 2.45) is 5.73 Å². The molecule has 0 aliphatic carbocycles. The number of rotatable bonds is 9. The van der Waals surface area contributed by atoms with Gasteiger partial charge in [-0.3, -0.25) is 0 Å². The summed E-state index contributed by atoms with van der Waals surface area (Å²) in [5.41, 5.74) is 7.68. The monoisotopic (exact) mass is 282 g/mol. The fourth-order valence-electron chi connectivity index (χ4n) is 1.80. The van der Waals surface area contributed by atoms with Crippen molar-refractivity contribution in [3.8, 4) is 0 Å². The van der Waals surface area contributed by atoms with Crippen molar-refractivity contribution >= 4 is 34.7 Å². The summed E-state index contributed by atoms with van der Waals surface area (Å²) in [6, 6.07) is 7.95. The number of nitrogens with two attached hydrogens (primary N) is 1. The second-order valence-electron chi connectivity index (χ2n) is 4.24. The Balaban J connectivity index is 2.25. The highest BCUT2D eigenvalue weighted by Gasteiger charge is 2.02. The second kappa shape index (κ2) is 9.22. The summed E-state index contributed by atoms with van der Waals surface area (Å²) >= 11 is 6.96. The van der Waals surface area contributed by atoms with Crippen LogP contribution in [-0.4, -0.2) is 23.5 Å². The molecule has 4 heteroatoms. The average molecular weight is 282 g/mol. The fraction of sp³-hybridized carbons (Fsp3) is 0.500. The van der Waals surface area contributed by atoms with Gasteiger partial charge in [-0.25, -0.2) is 0 Å². The van der Waals surface area contributed by atoms with E-state index in [1.54, 1.807) is 0 Å². The molecule has 0 amide bonds. The Bertz CT molecular complexity index is 367. The van der Waals surface area contributed by atoms with Crippen LogP contribution in [0.4, 0.5) is 5.69 Å². The lowest BCUT2D eigenvalue weighted by atomic mass is 10.1. The lowest BCUT2D eigenvalue weighted by Crippen LogP contribution is -2.13. The zero-order valence-electron chi connectivity index (χ0n) is 10.9. The highest BCUT2D eigenvalue weighted by atomic mass is 32.2. The smallest absolute Gasteiger partial charge is 0.106 e. The summed E-state index contributed by atoms with van der Waals surface area (Å²) in [5.74, 6) is 1.28. The largest absolute Gasteiger partial charge is 0.389 e. The maximum Gasteiger partial charge on any atom is 0.106 e. The summed E-state index contributed by atoms with van der Waals surface area (Å²) in [4.78, 5) is 0.457. The van der Waals surface area contributed by atoms with Gasteiger partial charge in [-0.05, 0) is 37.0 Å². The van der Waals surface area contributed by atoms with E-state index in [9.17, 15) is 0 Å². The summed E-state index contributed by atoms with van der Waals surface area (Å²) in [5, 5.41) is 3.41. The minimum absolute atomic E-state index is 0.457. The third-order valence-corrected chi connectivity index (χ3v) is 3.70. The molecule has 1 aromatic rings. The number of benzene rings is 1. The maximum atomic E-state index is 5.69. The van der Waals surface area contributed by atoms with Crippen molar-refractivity contribution < 1.29 is 0 Å². The van der Waals surface area contributed by atoms with E-state index in [4.69, 9.17) is 18.0 Å². The zero-order chi connectivity index (χ0) is 13.2. The standard InChI is InChI=1S/C14H22N2S2/c1-18-11-7-3-2-6-10-16-13-9-5-4-8-12(13)14(15)17/h4-5,8-9,16H,2-3,6-7,10-11H2,1H3,(H2,15,17). The molecule has 0 unspecified atom stereocenters. The van der Waals surface area contributed by atoms with Crippen molar-refractivity contribution in [1.82, 2.24) is 0 Å².